The van der Waals surface area contributed by atoms with Gasteiger partial charge in [-0.3, -0.25) is 13.9 Å². The van der Waals surface area contributed by atoms with Gasteiger partial charge in [0.25, 0.3) is 0 Å². The lowest BCUT2D eigenvalue weighted by Gasteiger charge is -2.33. The molecule has 2 atom stereocenters. The standard InChI is InChI=1S/C25H34ClN3O5S/c1-6-18(3)27-25(31)23(7-2)28(16-19-8-10-20(26)11-9-19)24(30)17-29(35(5,32)33)21-12-14-22(34-4)15-13-21/h8-15,18,23H,6-7,16-17H2,1-5H3,(H,27,31)/t18-,23-/m1/s1. The first-order chi connectivity index (χ1) is 16.5. The molecule has 10 heteroatoms. The molecule has 0 saturated heterocycles. The molecule has 0 aliphatic heterocycles. The Bertz CT molecular complexity index is 1090. The second kappa shape index (κ2) is 12.8. The van der Waals surface area contributed by atoms with Crippen molar-refractivity contribution in [2.75, 3.05) is 24.2 Å². The number of sulfonamides is 1. The minimum atomic E-state index is -3.79. The lowest BCUT2D eigenvalue weighted by molar-refractivity contribution is -0.140. The quantitative estimate of drug-likeness (QED) is 0.456. The molecule has 0 bridgehead atoms. The van der Waals surface area contributed by atoms with Crippen molar-refractivity contribution in [3.63, 3.8) is 0 Å². The molecule has 1 N–H and O–H groups in total. The van der Waals surface area contributed by atoms with E-state index in [0.29, 0.717) is 22.9 Å². The number of halogens is 1. The van der Waals surface area contributed by atoms with Crippen LogP contribution in [-0.4, -0.2) is 57.1 Å². The van der Waals surface area contributed by atoms with E-state index in [0.717, 1.165) is 22.5 Å². The largest absolute Gasteiger partial charge is 0.497 e. The number of nitrogens with zero attached hydrogens (tertiary/aromatic N) is 2. The monoisotopic (exact) mass is 523 g/mol. The summed E-state index contributed by atoms with van der Waals surface area (Å²) >= 11 is 6.01. The molecule has 2 amide bonds. The first kappa shape index (κ1) is 28.5. The highest BCUT2D eigenvalue weighted by atomic mass is 35.5. The Kier molecular flexibility index (Phi) is 10.4. The smallest absolute Gasteiger partial charge is 0.244 e. The maximum absolute atomic E-state index is 13.6. The van der Waals surface area contributed by atoms with E-state index in [1.54, 1.807) is 48.5 Å². The number of amides is 2. The summed E-state index contributed by atoms with van der Waals surface area (Å²) in [5.74, 6) is -0.211. The third-order valence-corrected chi connectivity index (χ3v) is 7.09. The fourth-order valence-corrected chi connectivity index (χ4v) is 4.48. The van der Waals surface area contributed by atoms with Crippen LogP contribution in [0.1, 0.15) is 39.2 Å². The number of methoxy groups -OCH3 is 1. The average Bonchev–Trinajstić information content (AvgIpc) is 2.82. The number of anilines is 1. The molecule has 0 unspecified atom stereocenters. The van der Waals surface area contributed by atoms with Crippen LogP contribution in [0.25, 0.3) is 0 Å². The lowest BCUT2D eigenvalue weighted by atomic mass is 10.1. The second-order valence-electron chi connectivity index (χ2n) is 8.36. The first-order valence-electron chi connectivity index (χ1n) is 11.5. The summed E-state index contributed by atoms with van der Waals surface area (Å²) in [7, 11) is -2.28. The van der Waals surface area contributed by atoms with E-state index in [4.69, 9.17) is 16.3 Å². The molecular formula is C25H34ClN3O5S. The van der Waals surface area contributed by atoms with Crippen LogP contribution in [0.3, 0.4) is 0 Å². The van der Waals surface area contributed by atoms with Crippen LogP contribution < -0.4 is 14.4 Å². The Morgan fingerprint density at radius 2 is 1.63 bits per heavy atom. The van der Waals surface area contributed by atoms with Gasteiger partial charge in [0.1, 0.15) is 18.3 Å². The molecular weight excluding hydrogens is 490 g/mol. The molecule has 0 radical (unpaired) electrons. The second-order valence-corrected chi connectivity index (χ2v) is 10.7. The molecule has 0 aliphatic rings. The summed E-state index contributed by atoms with van der Waals surface area (Å²) in [5, 5.41) is 3.49. The zero-order valence-corrected chi connectivity index (χ0v) is 22.4. The van der Waals surface area contributed by atoms with Gasteiger partial charge in [0, 0.05) is 17.6 Å². The highest BCUT2D eigenvalue weighted by molar-refractivity contribution is 7.92. The predicted octanol–water partition coefficient (Wildman–Crippen LogP) is 3.84. The van der Waals surface area contributed by atoms with E-state index >= 15 is 0 Å². The Balaban J connectivity index is 2.42. The van der Waals surface area contributed by atoms with Gasteiger partial charge in [-0.1, -0.05) is 37.6 Å². The molecule has 2 rings (SSSR count). The van der Waals surface area contributed by atoms with Gasteiger partial charge in [0.2, 0.25) is 21.8 Å². The number of carbonyl (C=O) groups is 2. The molecule has 0 spiro atoms. The summed E-state index contributed by atoms with van der Waals surface area (Å²) in [4.78, 5) is 28.1. The number of hydrogen-bond acceptors (Lipinski definition) is 5. The van der Waals surface area contributed by atoms with Gasteiger partial charge in [0.15, 0.2) is 0 Å². The lowest BCUT2D eigenvalue weighted by Crippen LogP contribution is -2.53. The number of carbonyl (C=O) groups excluding carboxylic acids is 2. The maximum Gasteiger partial charge on any atom is 0.244 e. The summed E-state index contributed by atoms with van der Waals surface area (Å²) < 4.78 is 31.4. The fraction of sp³-hybridized carbons (Fsp3) is 0.440. The number of benzene rings is 2. The Morgan fingerprint density at radius 1 is 1.03 bits per heavy atom. The number of rotatable bonds is 12. The Hall–Kier alpha value is -2.78. The molecule has 0 saturated carbocycles. The van der Waals surface area contributed by atoms with Crippen LogP contribution in [0.15, 0.2) is 48.5 Å². The molecule has 35 heavy (non-hydrogen) atoms. The summed E-state index contributed by atoms with van der Waals surface area (Å²) in [5.41, 5.74) is 1.10. The van der Waals surface area contributed by atoms with Crippen LogP contribution >= 0.6 is 11.6 Å². The molecule has 2 aromatic carbocycles. The number of nitrogens with one attached hydrogen (secondary N) is 1. The molecule has 2 aromatic rings. The summed E-state index contributed by atoms with van der Waals surface area (Å²) in [6, 6.07) is 12.5. The zero-order valence-electron chi connectivity index (χ0n) is 20.8. The molecule has 8 nitrogen and oxygen atoms in total. The molecule has 0 fully saturated rings. The van der Waals surface area contributed by atoms with E-state index in [1.165, 1.54) is 12.0 Å². The molecule has 0 heterocycles. The summed E-state index contributed by atoms with van der Waals surface area (Å²) in [6.45, 7) is 5.35. The van der Waals surface area contributed by atoms with Gasteiger partial charge in [-0.15, -0.1) is 0 Å². The van der Waals surface area contributed by atoms with Gasteiger partial charge in [0.05, 0.1) is 19.1 Å². The van der Waals surface area contributed by atoms with Crippen molar-refractivity contribution in [2.45, 2.75) is 52.2 Å². The van der Waals surface area contributed by atoms with Gasteiger partial charge in [-0.05, 0) is 61.7 Å². The van der Waals surface area contributed by atoms with Crippen molar-refractivity contribution in [3.8, 4) is 5.75 Å². The number of hydrogen-bond donors (Lipinski definition) is 1. The van der Waals surface area contributed by atoms with E-state index in [9.17, 15) is 18.0 Å². The predicted molar refractivity (Wildman–Crippen MR) is 139 cm³/mol. The van der Waals surface area contributed by atoms with Crippen LogP contribution in [0.2, 0.25) is 5.02 Å². The van der Waals surface area contributed by atoms with Crippen LogP contribution in [0, 0.1) is 0 Å². The van der Waals surface area contributed by atoms with Crippen LogP contribution in [0.5, 0.6) is 5.75 Å². The SMILES string of the molecule is CC[C@@H](C)NC(=O)[C@@H](CC)N(Cc1ccc(Cl)cc1)C(=O)CN(c1ccc(OC)cc1)S(C)(=O)=O. The molecule has 0 aromatic heterocycles. The normalized spacial score (nSPS) is 13.0. The Labute approximate surface area is 213 Å². The van der Waals surface area contributed by atoms with Gasteiger partial charge < -0.3 is 15.0 Å². The van der Waals surface area contributed by atoms with E-state index < -0.39 is 28.5 Å². The van der Waals surface area contributed by atoms with Crippen molar-refractivity contribution in [2.24, 2.45) is 0 Å². The fourth-order valence-electron chi connectivity index (χ4n) is 3.51. The van der Waals surface area contributed by atoms with E-state index in [1.807, 2.05) is 20.8 Å². The third-order valence-electron chi connectivity index (χ3n) is 5.69. The third kappa shape index (κ3) is 8.14. The maximum atomic E-state index is 13.6. The topological polar surface area (TPSA) is 96.0 Å². The average molecular weight is 524 g/mol. The van der Waals surface area contributed by atoms with Gasteiger partial charge >= 0.3 is 0 Å². The minimum absolute atomic E-state index is 0.0594. The zero-order chi connectivity index (χ0) is 26.2. The van der Waals surface area contributed by atoms with E-state index in [2.05, 4.69) is 5.32 Å². The number of ether oxygens (including phenoxy) is 1. The van der Waals surface area contributed by atoms with Crippen LogP contribution in [0.4, 0.5) is 5.69 Å². The van der Waals surface area contributed by atoms with Gasteiger partial charge in [-0.25, -0.2) is 8.42 Å². The summed E-state index contributed by atoms with van der Waals surface area (Å²) in [6.07, 6.45) is 2.15. The van der Waals surface area contributed by atoms with Crippen LogP contribution in [-0.2, 0) is 26.2 Å². The van der Waals surface area contributed by atoms with Crippen molar-refractivity contribution in [3.05, 3.63) is 59.1 Å². The Morgan fingerprint density at radius 3 is 2.11 bits per heavy atom. The van der Waals surface area contributed by atoms with Gasteiger partial charge in [-0.2, -0.15) is 0 Å². The van der Waals surface area contributed by atoms with Crippen molar-refractivity contribution in [1.82, 2.24) is 10.2 Å². The first-order valence-corrected chi connectivity index (χ1v) is 13.7. The highest BCUT2D eigenvalue weighted by Crippen LogP contribution is 2.23. The van der Waals surface area contributed by atoms with Crippen molar-refractivity contribution in [1.29, 1.82) is 0 Å². The highest BCUT2D eigenvalue weighted by Gasteiger charge is 2.32. The molecule has 0 aliphatic carbocycles. The molecule has 192 valence electrons. The van der Waals surface area contributed by atoms with Crippen molar-refractivity contribution >= 4 is 39.1 Å². The van der Waals surface area contributed by atoms with Crippen molar-refractivity contribution < 1.29 is 22.7 Å². The minimum Gasteiger partial charge on any atom is -0.497 e. The van der Waals surface area contributed by atoms with E-state index in [-0.39, 0.29) is 18.5 Å².